The summed E-state index contributed by atoms with van der Waals surface area (Å²) in [6.45, 7) is 0.800. The minimum absolute atomic E-state index is 0.00370. The Bertz CT molecular complexity index is 330. The number of rotatable bonds is 5. The molecule has 2 saturated carbocycles. The third kappa shape index (κ3) is 2.68. The highest BCUT2D eigenvalue weighted by molar-refractivity contribution is 5.85. The molecule has 2 aliphatic rings. The number of nitrogens with zero attached hydrogens (tertiary/aromatic N) is 1. The van der Waals surface area contributed by atoms with Crippen LogP contribution in [0.4, 0.5) is 0 Å². The van der Waals surface area contributed by atoms with Gasteiger partial charge in [-0.1, -0.05) is 19.3 Å². The molecule has 2 fully saturated rings. The SMILES string of the molecule is CN(CC1CCCC1)C(=O)CC1(C(=O)O)CCC1. The third-order valence-electron chi connectivity index (χ3n) is 4.69. The fourth-order valence-corrected chi connectivity index (χ4v) is 3.18. The molecule has 4 nitrogen and oxygen atoms in total. The monoisotopic (exact) mass is 253 g/mol. The second-order valence-corrected chi connectivity index (χ2v) is 6.04. The second kappa shape index (κ2) is 5.29. The maximum Gasteiger partial charge on any atom is 0.310 e. The number of carbonyl (C=O) groups is 2. The molecule has 0 atom stereocenters. The zero-order valence-electron chi connectivity index (χ0n) is 11.2. The molecule has 2 rings (SSSR count). The topological polar surface area (TPSA) is 57.6 Å². The number of amides is 1. The van der Waals surface area contributed by atoms with Gasteiger partial charge in [-0.05, 0) is 31.6 Å². The van der Waals surface area contributed by atoms with Gasteiger partial charge in [-0.15, -0.1) is 0 Å². The third-order valence-corrected chi connectivity index (χ3v) is 4.69. The van der Waals surface area contributed by atoms with E-state index < -0.39 is 11.4 Å². The van der Waals surface area contributed by atoms with Crippen LogP contribution in [0.25, 0.3) is 0 Å². The smallest absolute Gasteiger partial charge is 0.310 e. The first-order valence-corrected chi connectivity index (χ1v) is 7.01. The average Bonchev–Trinajstić information content (AvgIpc) is 2.75. The molecule has 0 spiro atoms. The quantitative estimate of drug-likeness (QED) is 0.817. The van der Waals surface area contributed by atoms with Crippen molar-refractivity contribution < 1.29 is 14.7 Å². The highest BCUT2D eigenvalue weighted by Gasteiger charge is 2.46. The molecular weight excluding hydrogens is 230 g/mol. The predicted octanol–water partition coefficient (Wildman–Crippen LogP) is 2.28. The van der Waals surface area contributed by atoms with Crippen LogP contribution in [0.15, 0.2) is 0 Å². The van der Waals surface area contributed by atoms with Crippen LogP contribution in [-0.4, -0.2) is 35.5 Å². The van der Waals surface area contributed by atoms with Crippen molar-refractivity contribution in [3.63, 3.8) is 0 Å². The lowest BCUT2D eigenvalue weighted by Crippen LogP contribution is -2.43. The fourth-order valence-electron chi connectivity index (χ4n) is 3.18. The lowest BCUT2D eigenvalue weighted by molar-refractivity contribution is -0.159. The molecule has 0 aromatic carbocycles. The molecule has 0 aliphatic heterocycles. The maximum atomic E-state index is 12.1. The van der Waals surface area contributed by atoms with Gasteiger partial charge in [-0.2, -0.15) is 0 Å². The Hall–Kier alpha value is -1.06. The number of hydrogen-bond acceptors (Lipinski definition) is 2. The largest absolute Gasteiger partial charge is 0.481 e. The minimum atomic E-state index is -0.795. The predicted molar refractivity (Wildman–Crippen MR) is 68.1 cm³/mol. The van der Waals surface area contributed by atoms with Crippen LogP contribution in [0, 0.1) is 11.3 Å². The summed E-state index contributed by atoms with van der Waals surface area (Å²) in [5, 5.41) is 9.23. The van der Waals surface area contributed by atoms with Crippen LogP contribution >= 0.6 is 0 Å². The summed E-state index contributed by atoms with van der Waals surface area (Å²) in [6.07, 6.45) is 7.40. The maximum absolute atomic E-state index is 12.1. The molecular formula is C14H23NO3. The summed E-state index contributed by atoms with van der Waals surface area (Å²) in [6, 6.07) is 0. The van der Waals surface area contributed by atoms with Crippen molar-refractivity contribution in [2.24, 2.45) is 11.3 Å². The van der Waals surface area contributed by atoms with Crippen LogP contribution in [0.1, 0.15) is 51.4 Å². The average molecular weight is 253 g/mol. The molecule has 0 bridgehead atoms. The van der Waals surface area contributed by atoms with Gasteiger partial charge in [0.1, 0.15) is 0 Å². The molecule has 0 radical (unpaired) electrons. The fraction of sp³-hybridized carbons (Fsp3) is 0.857. The Morgan fingerprint density at radius 1 is 1.22 bits per heavy atom. The molecule has 0 aromatic rings. The van der Waals surface area contributed by atoms with E-state index in [-0.39, 0.29) is 12.3 Å². The standard InChI is InChI=1S/C14H23NO3/c1-15(10-11-5-2-3-6-11)12(16)9-14(13(17)18)7-4-8-14/h11H,2-10H2,1H3,(H,17,18). The second-order valence-electron chi connectivity index (χ2n) is 6.04. The van der Waals surface area contributed by atoms with Crippen molar-refractivity contribution in [3.8, 4) is 0 Å². The summed E-state index contributed by atoms with van der Waals surface area (Å²) < 4.78 is 0. The van der Waals surface area contributed by atoms with Crippen LogP contribution in [0.5, 0.6) is 0 Å². The Morgan fingerprint density at radius 2 is 1.83 bits per heavy atom. The van der Waals surface area contributed by atoms with Gasteiger partial charge in [-0.25, -0.2) is 0 Å². The van der Waals surface area contributed by atoms with Gasteiger partial charge in [0.15, 0.2) is 0 Å². The van der Waals surface area contributed by atoms with Crippen molar-refractivity contribution in [2.45, 2.75) is 51.4 Å². The van der Waals surface area contributed by atoms with Gasteiger partial charge in [0, 0.05) is 20.0 Å². The van der Waals surface area contributed by atoms with Crippen molar-refractivity contribution in [3.05, 3.63) is 0 Å². The van der Waals surface area contributed by atoms with E-state index in [2.05, 4.69) is 0 Å². The van der Waals surface area contributed by atoms with Gasteiger partial charge < -0.3 is 10.0 Å². The Kier molecular flexibility index (Phi) is 3.93. The molecule has 102 valence electrons. The van der Waals surface area contributed by atoms with Gasteiger partial charge >= 0.3 is 5.97 Å². The van der Waals surface area contributed by atoms with Crippen molar-refractivity contribution >= 4 is 11.9 Å². The number of carboxylic acids is 1. The van der Waals surface area contributed by atoms with Crippen LogP contribution < -0.4 is 0 Å². The lowest BCUT2D eigenvalue weighted by Gasteiger charge is -2.38. The van der Waals surface area contributed by atoms with Crippen molar-refractivity contribution in [1.29, 1.82) is 0 Å². The van der Waals surface area contributed by atoms with Crippen molar-refractivity contribution in [2.75, 3.05) is 13.6 Å². The van der Waals surface area contributed by atoms with E-state index in [0.29, 0.717) is 18.8 Å². The molecule has 0 heterocycles. The van der Waals surface area contributed by atoms with E-state index in [1.54, 1.807) is 4.90 Å². The van der Waals surface area contributed by atoms with E-state index in [0.717, 1.165) is 13.0 Å². The van der Waals surface area contributed by atoms with Crippen LogP contribution in [0.3, 0.4) is 0 Å². The summed E-state index contributed by atoms with van der Waals surface area (Å²) in [7, 11) is 1.81. The molecule has 0 saturated heterocycles. The van der Waals surface area contributed by atoms with Gasteiger partial charge in [0.2, 0.25) is 5.91 Å². The van der Waals surface area contributed by atoms with E-state index in [9.17, 15) is 14.7 Å². The van der Waals surface area contributed by atoms with Crippen LogP contribution in [0.2, 0.25) is 0 Å². The highest BCUT2D eigenvalue weighted by atomic mass is 16.4. The van der Waals surface area contributed by atoms with Gasteiger partial charge in [0.05, 0.1) is 5.41 Å². The molecule has 18 heavy (non-hydrogen) atoms. The van der Waals surface area contributed by atoms with Crippen LogP contribution in [-0.2, 0) is 9.59 Å². The number of hydrogen-bond donors (Lipinski definition) is 1. The normalized spacial score (nSPS) is 22.5. The first-order valence-electron chi connectivity index (χ1n) is 7.01. The first kappa shape index (κ1) is 13.4. The molecule has 2 aliphatic carbocycles. The summed E-state index contributed by atoms with van der Waals surface area (Å²) in [5.74, 6) is -0.165. The number of aliphatic carboxylic acids is 1. The zero-order valence-corrected chi connectivity index (χ0v) is 11.2. The Labute approximate surface area is 108 Å². The van der Waals surface area contributed by atoms with E-state index in [1.165, 1.54) is 25.7 Å². The first-order chi connectivity index (χ1) is 8.53. The molecule has 0 aromatic heterocycles. The summed E-state index contributed by atoms with van der Waals surface area (Å²) in [4.78, 5) is 25.1. The molecule has 1 amide bonds. The lowest BCUT2D eigenvalue weighted by atomic mass is 9.66. The van der Waals surface area contributed by atoms with Crippen molar-refractivity contribution in [1.82, 2.24) is 4.90 Å². The summed E-state index contributed by atoms with van der Waals surface area (Å²) >= 11 is 0. The van der Waals surface area contributed by atoms with E-state index in [4.69, 9.17) is 0 Å². The van der Waals surface area contributed by atoms with E-state index >= 15 is 0 Å². The molecule has 0 unspecified atom stereocenters. The van der Waals surface area contributed by atoms with Gasteiger partial charge in [0.25, 0.3) is 0 Å². The Balaban J connectivity index is 1.84. The number of carbonyl (C=O) groups excluding carboxylic acids is 1. The highest BCUT2D eigenvalue weighted by Crippen LogP contribution is 2.44. The van der Waals surface area contributed by atoms with Gasteiger partial charge in [-0.3, -0.25) is 9.59 Å². The van der Waals surface area contributed by atoms with E-state index in [1.807, 2.05) is 7.05 Å². The molecule has 1 N–H and O–H groups in total. The minimum Gasteiger partial charge on any atom is -0.481 e. The molecule has 4 heteroatoms. The number of carboxylic acid groups (broad SMARTS) is 1. The Morgan fingerprint density at radius 3 is 2.28 bits per heavy atom. The summed E-state index contributed by atoms with van der Waals surface area (Å²) in [5.41, 5.74) is -0.749. The zero-order chi connectivity index (χ0) is 13.2.